The summed E-state index contributed by atoms with van der Waals surface area (Å²) in [5, 5.41) is 3.43. The molecule has 0 bridgehead atoms. The van der Waals surface area contributed by atoms with E-state index in [4.69, 9.17) is 4.74 Å². The number of hydrogen-bond acceptors (Lipinski definition) is 2. The molecule has 0 atom stereocenters. The third-order valence-corrected chi connectivity index (χ3v) is 3.42. The van der Waals surface area contributed by atoms with Crippen LogP contribution in [0.25, 0.3) is 0 Å². The minimum absolute atomic E-state index is 0.411. The van der Waals surface area contributed by atoms with Crippen molar-refractivity contribution in [1.29, 1.82) is 0 Å². The molecule has 0 aromatic heterocycles. The van der Waals surface area contributed by atoms with Crippen molar-refractivity contribution >= 4 is 22.6 Å². The van der Waals surface area contributed by atoms with Gasteiger partial charge in [0, 0.05) is 9.61 Å². The zero-order valence-electron chi connectivity index (χ0n) is 8.87. The minimum atomic E-state index is 0.411. The van der Waals surface area contributed by atoms with Crippen LogP contribution in [-0.2, 0) is 0 Å². The summed E-state index contributed by atoms with van der Waals surface area (Å²) in [4.78, 5) is 0. The van der Waals surface area contributed by atoms with Crippen molar-refractivity contribution in [3.05, 3.63) is 27.8 Å². The van der Waals surface area contributed by atoms with Crippen LogP contribution < -0.4 is 10.1 Å². The Bertz CT molecular complexity index is 306. The highest BCUT2D eigenvalue weighted by Crippen LogP contribution is 2.26. The molecule has 0 heterocycles. The van der Waals surface area contributed by atoms with Crippen LogP contribution in [0.4, 0.5) is 0 Å². The van der Waals surface area contributed by atoms with Gasteiger partial charge in [-0.1, -0.05) is 6.92 Å². The molecule has 0 spiro atoms. The van der Waals surface area contributed by atoms with Crippen LogP contribution in [0, 0.1) is 3.57 Å². The normalized spacial score (nSPS) is 24.7. The predicted octanol–water partition coefficient (Wildman–Crippen LogP) is 2.81. The van der Waals surface area contributed by atoms with Gasteiger partial charge in [-0.15, -0.1) is 0 Å². The summed E-state index contributed by atoms with van der Waals surface area (Å²) < 4.78 is 7.09. The van der Waals surface area contributed by atoms with Crippen LogP contribution >= 0.6 is 22.6 Å². The fraction of sp³-hybridized carbons (Fsp3) is 0.500. The Hall–Kier alpha value is -0.290. The first-order chi connectivity index (χ1) is 7.28. The number of hydrogen-bond donors (Lipinski definition) is 1. The Morgan fingerprint density at radius 1 is 1.33 bits per heavy atom. The molecule has 1 N–H and O–H groups in total. The standard InChI is InChI=1S/C12H16INO/c1-2-14-10-7-12(8-10)15-11-5-3-9(13)4-6-11/h3-6,10,12,14H,2,7-8H2,1H3. The Morgan fingerprint density at radius 3 is 2.60 bits per heavy atom. The van der Waals surface area contributed by atoms with E-state index in [0.717, 1.165) is 25.1 Å². The summed E-state index contributed by atoms with van der Waals surface area (Å²) >= 11 is 2.30. The Morgan fingerprint density at radius 2 is 2.00 bits per heavy atom. The van der Waals surface area contributed by atoms with Crippen LogP contribution in [-0.4, -0.2) is 18.7 Å². The van der Waals surface area contributed by atoms with Gasteiger partial charge in [0.25, 0.3) is 0 Å². The van der Waals surface area contributed by atoms with Crippen molar-refractivity contribution in [2.24, 2.45) is 0 Å². The lowest BCUT2D eigenvalue weighted by molar-refractivity contribution is 0.0859. The molecule has 1 aromatic rings. The molecule has 0 radical (unpaired) electrons. The van der Waals surface area contributed by atoms with E-state index in [1.807, 2.05) is 12.1 Å². The molecule has 1 aromatic carbocycles. The summed E-state index contributed by atoms with van der Waals surface area (Å²) in [6.07, 6.45) is 2.69. The lowest BCUT2D eigenvalue weighted by Gasteiger charge is -2.35. The highest BCUT2D eigenvalue weighted by molar-refractivity contribution is 14.1. The largest absolute Gasteiger partial charge is 0.490 e. The second-order valence-corrected chi connectivity index (χ2v) is 5.17. The van der Waals surface area contributed by atoms with E-state index in [1.54, 1.807) is 0 Å². The maximum Gasteiger partial charge on any atom is 0.119 e. The van der Waals surface area contributed by atoms with Gasteiger partial charge in [0.2, 0.25) is 0 Å². The summed E-state index contributed by atoms with van der Waals surface area (Å²) in [5.74, 6) is 0.996. The first-order valence-corrected chi connectivity index (χ1v) is 6.51. The van der Waals surface area contributed by atoms with Crippen molar-refractivity contribution in [2.45, 2.75) is 31.9 Å². The van der Waals surface area contributed by atoms with E-state index in [-0.39, 0.29) is 0 Å². The maximum absolute atomic E-state index is 5.84. The van der Waals surface area contributed by atoms with E-state index >= 15 is 0 Å². The van der Waals surface area contributed by atoms with Crippen LogP contribution in [0.5, 0.6) is 5.75 Å². The molecule has 1 saturated carbocycles. The third kappa shape index (κ3) is 3.08. The van der Waals surface area contributed by atoms with Gasteiger partial charge in [-0.3, -0.25) is 0 Å². The fourth-order valence-corrected chi connectivity index (χ4v) is 2.18. The van der Waals surface area contributed by atoms with E-state index in [2.05, 4.69) is 47.0 Å². The highest BCUT2D eigenvalue weighted by atomic mass is 127. The van der Waals surface area contributed by atoms with Gasteiger partial charge >= 0.3 is 0 Å². The Labute approximate surface area is 105 Å². The molecular formula is C12H16INO. The molecule has 1 aliphatic carbocycles. The molecule has 82 valence electrons. The number of benzene rings is 1. The van der Waals surface area contributed by atoms with Crippen LogP contribution in [0.2, 0.25) is 0 Å². The first kappa shape index (κ1) is 11.2. The van der Waals surface area contributed by atoms with Crippen molar-refractivity contribution in [3.63, 3.8) is 0 Å². The van der Waals surface area contributed by atoms with E-state index in [1.165, 1.54) is 3.57 Å². The van der Waals surface area contributed by atoms with E-state index < -0.39 is 0 Å². The molecule has 1 aliphatic rings. The van der Waals surface area contributed by atoms with Crippen LogP contribution in [0.15, 0.2) is 24.3 Å². The molecule has 0 unspecified atom stereocenters. The first-order valence-electron chi connectivity index (χ1n) is 5.43. The summed E-state index contributed by atoms with van der Waals surface area (Å²) in [6.45, 7) is 3.20. The smallest absolute Gasteiger partial charge is 0.119 e. The van der Waals surface area contributed by atoms with Gasteiger partial charge in [0.05, 0.1) is 0 Å². The van der Waals surface area contributed by atoms with Crippen molar-refractivity contribution < 1.29 is 4.74 Å². The molecule has 0 aliphatic heterocycles. The van der Waals surface area contributed by atoms with Gasteiger partial charge in [-0.2, -0.15) is 0 Å². The minimum Gasteiger partial charge on any atom is -0.490 e. The summed E-state index contributed by atoms with van der Waals surface area (Å²) in [6, 6.07) is 8.92. The second-order valence-electron chi connectivity index (χ2n) is 3.92. The third-order valence-electron chi connectivity index (χ3n) is 2.70. The SMILES string of the molecule is CCNC1CC(Oc2ccc(I)cc2)C1. The Kier molecular flexibility index (Phi) is 3.86. The molecule has 0 amide bonds. The molecule has 0 saturated heterocycles. The number of halogens is 1. The maximum atomic E-state index is 5.84. The van der Waals surface area contributed by atoms with E-state index in [9.17, 15) is 0 Å². The van der Waals surface area contributed by atoms with Crippen LogP contribution in [0.1, 0.15) is 19.8 Å². The molecular weight excluding hydrogens is 301 g/mol. The van der Waals surface area contributed by atoms with Gasteiger partial charge in [0.15, 0.2) is 0 Å². The molecule has 1 fully saturated rings. The monoisotopic (exact) mass is 317 g/mol. The average molecular weight is 317 g/mol. The predicted molar refractivity (Wildman–Crippen MR) is 70.3 cm³/mol. The van der Waals surface area contributed by atoms with E-state index in [0.29, 0.717) is 12.1 Å². The van der Waals surface area contributed by atoms with Crippen molar-refractivity contribution in [2.75, 3.05) is 6.54 Å². The quantitative estimate of drug-likeness (QED) is 0.862. The number of nitrogens with one attached hydrogen (secondary N) is 1. The Balaban J connectivity index is 1.77. The zero-order chi connectivity index (χ0) is 10.7. The summed E-state index contributed by atoms with van der Waals surface area (Å²) in [7, 11) is 0. The second kappa shape index (κ2) is 5.16. The van der Waals surface area contributed by atoms with Gasteiger partial charge < -0.3 is 10.1 Å². The average Bonchev–Trinajstić information content (AvgIpc) is 2.18. The lowest BCUT2D eigenvalue weighted by atomic mass is 9.89. The lowest BCUT2D eigenvalue weighted by Crippen LogP contribution is -2.46. The highest BCUT2D eigenvalue weighted by Gasteiger charge is 2.29. The topological polar surface area (TPSA) is 21.3 Å². The molecule has 2 nitrogen and oxygen atoms in total. The molecule has 3 heteroatoms. The van der Waals surface area contributed by atoms with Crippen LogP contribution in [0.3, 0.4) is 0 Å². The summed E-state index contributed by atoms with van der Waals surface area (Å²) in [5.41, 5.74) is 0. The fourth-order valence-electron chi connectivity index (χ4n) is 1.82. The zero-order valence-corrected chi connectivity index (χ0v) is 11.0. The molecule has 15 heavy (non-hydrogen) atoms. The van der Waals surface area contributed by atoms with Gasteiger partial charge in [-0.25, -0.2) is 0 Å². The van der Waals surface area contributed by atoms with Gasteiger partial charge in [-0.05, 0) is 66.2 Å². The van der Waals surface area contributed by atoms with Crippen molar-refractivity contribution in [1.82, 2.24) is 5.32 Å². The number of ether oxygens (including phenoxy) is 1. The molecule has 2 rings (SSSR count). The van der Waals surface area contributed by atoms with Crippen molar-refractivity contribution in [3.8, 4) is 5.75 Å². The number of rotatable bonds is 4. The van der Waals surface area contributed by atoms with Gasteiger partial charge in [0.1, 0.15) is 11.9 Å².